The minimum atomic E-state index is -0.138. The summed E-state index contributed by atoms with van der Waals surface area (Å²) in [4.78, 5) is 12.0. The molecule has 1 aromatic carbocycles. The van der Waals surface area contributed by atoms with E-state index in [-0.39, 0.29) is 5.91 Å². The van der Waals surface area contributed by atoms with Crippen molar-refractivity contribution >= 4 is 34.1 Å². The van der Waals surface area contributed by atoms with Crippen molar-refractivity contribution in [3.63, 3.8) is 0 Å². The zero-order chi connectivity index (χ0) is 17.5. The quantitative estimate of drug-likeness (QED) is 0.336. The number of amides is 1. The summed E-state index contributed by atoms with van der Waals surface area (Å²) in [5.74, 6) is 1.17. The van der Waals surface area contributed by atoms with E-state index >= 15 is 0 Å². The number of anilines is 1. The highest BCUT2D eigenvalue weighted by Gasteiger charge is 2.09. The third-order valence-electron chi connectivity index (χ3n) is 3.95. The monoisotopic (exact) mass is 371 g/mol. The molecule has 0 radical (unpaired) electrons. The van der Waals surface area contributed by atoms with E-state index in [9.17, 15) is 4.79 Å². The van der Waals surface area contributed by atoms with Gasteiger partial charge in [-0.15, -0.1) is 10.2 Å². The molecule has 2 aromatic rings. The van der Waals surface area contributed by atoms with Gasteiger partial charge < -0.3 is 0 Å². The molecule has 1 unspecified atom stereocenters. The maximum atomic E-state index is 12.0. The van der Waals surface area contributed by atoms with Crippen molar-refractivity contribution in [3.05, 3.63) is 59.7 Å². The number of hydrogen-bond donors (Lipinski definition) is 1. The number of benzene rings is 1. The summed E-state index contributed by atoms with van der Waals surface area (Å²) in [6.45, 7) is 2.08. The van der Waals surface area contributed by atoms with Crippen LogP contribution in [-0.4, -0.2) is 16.1 Å². The van der Waals surface area contributed by atoms with Gasteiger partial charge in [0.2, 0.25) is 11.0 Å². The normalized spacial score (nSPS) is 17.1. The minimum absolute atomic E-state index is 0.138. The average molecular weight is 372 g/mol. The molecule has 0 fully saturated rings. The molecule has 1 N–H and O–H groups in total. The number of rotatable bonds is 6. The van der Waals surface area contributed by atoms with Gasteiger partial charge in [0.05, 0.1) is 0 Å². The van der Waals surface area contributed by atoms with Crippen molar-refractivity contribution in [2.75, 3.05) is 5.32 Å². The first kappa shape index (κ1) is 17.9. The van der Waals surface area contributed by atoms with Crippen molar-refractivity contribution in [3.8, 4) is 0 Å². The van der Waals surface area contributed by atoms with Crippen LogP contribution in [0.4, 0.5) is 5.13 Å². The Labute approximate surface area is 156 Å². The summed E-state index contributed by atoms with van der Waals surface area (Å²) < 4.78 is 0.859. The van der Waals surface area contributed by atoms with Crippen LogP contribution in [0.15, 0.2) is 52.9 Å². The van der Waals surface area contributed by atoms with Crippen LogP contribution in [0.5, 0.6) is 0 Å². The van der Waals surface area contributed by atoms with Gasteiger partial charge in [-0.2, -0.15) is 0 Å². The molecule has 1 heterocycles. The van der Waals surface area contributed by atoms with Crippen molar-refractivity contribution in [2.45, 2.75) is 36.3 Å². The molecule has 1 aliphatic rings. The Balaban J connectivity index is 1.47. The molecular formula is C19H21N3OS2. The Morgan fingerprint density at radius 3 is 2.92 bits per heavy atom. The summed E-state index contributed by atoms with van der Waals surface area (Å²) in [6, 6.07) is 8.46. The van der Waals surface area contributed by atoms with Crippen LogP contribution in [0, 0.1) is 12.8 Å². The minimum Gasteiger partial charge on any atom is -0.297 e. The lowest BCUT2D eigenvalue weighted by Gasteiger charge is -2.12. The Kier molecular flexibility index (Phi) is 6.42. The van der Waals surface area contributed by atoms with Gasteiger partial charge in [0, 0.05) is 5.75 Å². The fourth-order valence-electron chi connectivity index (χ4n) is 2.51. The van der Waals surface area contributed by atoms with Crippen LogP contribution in [0.2, 0.25) is 0 Å². The average Bonchev–Trinajstić information content (AvgIpc) is 3.08. The van der Waals surface area contributed by atoms with E-state index in [0.717, 1.165) is 29.4 Å². The fraction of sp³-hybridized carbons (Fsp3) is 0.316. The second kappa shape index (κ2) is 8.97. The number of aromatic nitrogens is 2. The molecule has 0 spiro atoms. The smallest absolute Gasteiger partial charge is 0.249 e. The summed E-state index contributed by atoms with van der Waals surface area (Å²) in [5, 5.41) is 11.5. The van der Waals surface area contributed by atoms with Gasteiger partial charge in [0.25, 0.3) is 0 Å². The van der Waals surface area contributed by atoms with Crippen molar-refractivity contribution < 1.29 is 4.79 Å². The molecule has 0 saturated heterocycles. The van der Waals surface area contributed by atoms with E-state index in [4.69, 9.17) is 0 Å². The van der Waals surface area contributed by atoms with E-state index in [1.165, 1.54) is 22.5 Å². The SMILES string of the molecule is Cc1ccc(CSc2nnc(NC(=O)/C=C/C3CC=CCC3)s2)cc1. The van der Waals surface area contributed by atoms with E-state index in [1.807, 2.05) is 6.08 Å². The number of allylic oxidation sites excluding steroid dienone is 3. The van der Waals surface area contributed by atoms with Crippen LogP contribution >= 0.6 is 23.1 Å². The maximum Gasteiger partial charge on any atom is 0.249 e. The lowest BCUT2D eigenvalue weighted by atomic mass is 9.94. The molecule has 130 valence electrons. The van der Waals surface area contributed by atoms with Crippen molar-refractivity contribution in [2.24, 2.45) is 5.92 Å². The first-order valence-electron chi connectivity index (χ1n) is 8.35. The van der Waals surface area contributed by atoms with Gasteiger partial charge >= 0.3 is 0 Å². The second-order valence-electron chi connectivity index (χ2n) is 6.04. The maximum absolute atomic E-state index is 12.0. The highest BCUT2D eigenvalue weighted by molar-refractivity contribution is 8.00. The third-order valence-corrected chi connectivity index (χ3v) is 5.99. The molecule has 0 bridgehead atoms. The molecule has 6 heteroatoms. The summed E-state index contributed by atoms with van der Waals surface area (Å²) >= 11 is 3.04. The largest absolute Gasteiger partial charge is 0.297 e. The van der Waals surface area contributed by atoms with Crippen molar-refractivity contribution in [1.29, 1.82) is 0 Å². The first-order chi connectivity index (χ1) is 12.2. The number of nitrogens with zero attached hydrogens (tertiary/aromatic N) is 2. The molecule has 25 heavy (non-hydrogen) atoms. The molecule has 0 saturated carbocycles. The van der Waals surface area contributed by atoms with Gasteiger partial charge in [-0.1, -0.05) is 71.2 Å². The zero-order valence-electron chi connectivity index (χ0n) is 14.1. The molecular weight excluding hydrogens is 350 g/mol. The van der Waals surface area contributed by atoms with Crippen LogP contribution in [0.1, 0.15) is 30.4 Å². The van der Waals surface area contributed by atoms with Gasteiger partial charge in [0.15, 0.2) is 4.34 Å². The lowest BCUT2D eigenvalue weighted by Crippen LogP contribution is -2.09. The predicted octanol–water partition coefficient (Wildman–Crippen LogP) is 4.99. The van der Waals surface area contributed by atoms with Crippen LogP contribution in [0.3, 0.4) is 0 Å². The van der Waals surface area contributed by atoms with E-state index in [1.54, 1.807) is 17.8 Å². The number of carbonyl (C=O) groups is 1. The Morgan fingerprint density at radius 1 is 1.32 bits per heavy atom. The van der Waals surface area contributed by atoms with Gasteiger partial charge in [-0.25, -0.2) is 0 Å². The Hall–Kier alpha value is -1.92. The number of nitrogens with one attached hydrogen (secondary N) is 1. The molecule has 1 aromatic heterocycles. The van der Waals surface area contributed by atoms with Gasteiger partial charge in [0.1, 0.15) is 0 Å². The predicted molar refractivity (Wildman–Crippen MR) is 105 cm³/mol. The topological polar surface area (TPSA) is 54.9 Å². The number of thioether (sulfide) groups is 1. The van der Waals surface area contributed by atoms with Crippen LogP contribution < -0.4 is 5.32 Å². The van der Waals surface area contributed by atoms with Gasteiger partial charge in [-0.3, -0.25) is 10.1 Å². The zero-order valence-corrected chi connectivity index (χ0v) is 15.8. The highest BCUT2D eigenvalue weighted by atomic mass is 32.2. The van der Waals surface area contributed by atoms with E-state index in [0.29, 0.717) is 11.0 Å². The summed E-state index contributed by atoms with van der Waals surface area (Å²) in [7, 11) is 0. The number of aryl methyl sites for hydroxylation is 1. The Bertz CT molecular complexity index is 765. The molecule has 3 rings (SSSR count). The number of hydrogen-bond acceptors (Lipinski definition) is 5. The molecule has 1 atom stereocenters. The first-order valence-corrected chi connectivity index (χ1v) is 10.2. The second-order valence-corrected chi connectivity index (χ2v) is 8.24. The molecule has 0 aliphatic heterocycles. The third kappa shape index (κ3) is 5.83. The van der Waals surface area contributed by atoms with Crippen LogP contribution in [0.25, 0.3) is 0 Å². The van der Waals surface area contributed by atoms with Crippen LogP contribution in [-0.2, 0) is 10.5 Å². The highest BCUT2D eigenvalue weighted by Crippen LogP contribution is 2.28. The fourth-order valence-corrected chi connectivity index (χ4v) is 4.22. The standard InChI is InChI=1S/C19H21N3OS2/c1-14-7-9-16(10-8-14)13-24-19-22-21-18(25-19)20-17(23)12-11-15-5-3-2-4-6-15/h2-3,7-12,15H,4-6,13H2,1H3,(H,20,21,23)/b12-11+. The van der Waals surface area contributed by atoms with Gasteiger partial charge in [-0.05, 0) is 43.7 Å². The lowest BCUT2D eigenvalue weighted by molar-refractivity contribution is -0.111. The summed E-state index contributed by atoms with van der Waals surface area (Å²) in [6.07, 6.45) is 11.2. The molecule has 4 nitrogen and oxygen atoms in total. The molecule has 1 amide bonds. The Morgan fingerprint density at radius 2 is 2.16 bits per heavy atom. The van der Waals surface area contributed by atoms with E-state index in [2.05, 4.69) is 58.9 Å². The van der Waals surface area contributed by atoms with Crippen molar-refractivity contribution in [1.82, 2.24) is 10.2 Å². The molecule has 1 aliphatic carbocycles. The summed E-state index contributed by atoms with van der Waals surface area (Å²) in [5.41, 5.74) is 2.51. The van der Waals surface area contributed by atoms with E-state index < -0.39 is 0 Å². The number of carbonyl (C=O) groups excluding carboxylic acids is 1.